The molecule has 2 unspecified atom stereocenters. The van der Waals surface area contributed by atoms with Gasteiger partial charge in [-0.25, -0.2) is 9.48 Å². The number of allylic oxidation sites excluding steroid dienone is 2. The largest absolute Gasteiger partial charge is 0.544 e. The molecule has 26 heavy (non-hydrogen) atoms. The van der Waals surface area contributed by atoms with Gasteiger partial charge in [0.05, 0.1) is 12.2 Å². The molecule has 0 aromatic carbocycles. The van der Waals surface area contributed by atoms with Gasteiger partial charge in [-0.2, -0.15) is 0 Å². The molecule has 1 heterocycles. The number of carbonyl (C=O) groups excluding carboxylic acids is 1. The van der Waals surface area contributed by atoms with Crippen LogP contribution in [0.4, 0.5) is 0 Å². The number of carboxylic acids is 1. The number of quaternary nitrogens is 1. The van der Waals surface area contributed by atoms with E-state index >= 15 is 0 Å². The van der Waals surface area contributed by atoms with Crippen molar-refractivity contribution < 1.29 is 14.4 Å². The molecule has 1 rings (SSSR count). The molecule has 0 spiro atoms. The fourth-order valence-electron chi connectivity index (χ4n) is 3.40. The number of hydrogen-bond acceptors (Lipinski definition) is 4. The minimum atomic E-state index is -1.10. The van der Waals surface area contributed by atoms with E-state index in [1.54, 1.807) is 12.4 Å². The first kappa shape index (κ1) is 22.6. The van der Waals surface area contributed by atoms with Crippen molar-refractivity contribution in [3.05, 3.63) is 24.6 Å². The minimum Gasteiger partial charge on any atom is -0.544 e. The predicted octanol–water partition coefficient (Wildman–Crippen LogP) is 3.61. The van der Waals surface area contributed by atoms with E-state index in [4.69, 9.17) is 5.73 Å². The van der Waals surface area contributed by atoms with E-state index in [1.807, 2.05) is 6.92 Å². The fraction of sp³-hybridized carbons (Fsp3) is 0.714. The lowest BCUT2D eigenvalue weighted by molar-refractivity contribution is -0.808. The van der Waals surface area contributed by atoms with Gasteiger partial charge in [0.1, 0.15) is 18.9 Å². The topological polar surface area (TPSA) is 78.5 Å². The zero-order valence-corrected chi connectivity index (χ0v) is 16.7. The Morgan fingerprint density at radius 3 is 2.35 bits per heavy atom. The molecule has 0 aliphatic carbocycles. The minimum absolute atomic E-state index is 0.0975. The van der Waals surface area contributed by atoms with Crippen LogP contribution < -0.4 is 10.8 Å². The van der Waals surface area contributed by atoms with E-state index in [1.165, 1.54) is 38.5 Å². The smallest absolute Gasteiger partial charge is 0.209 e. The highest BCUT2D eigenvalue weighted by Crippen LogP contribution is 2.23. The van der Waals surface area contributed by atoms with E-state index in [9.17, 15) is 9.90 Å². The quantitative estimate of drug-likeness (QED) is 0.274. The lowest BCUT2D eigenvalue weighted by atomic mass is 10.1. The maximum Gasteiger partial charge on any atom is 0.209 e. The second-order valence-electron chi connectivity index (χ2n) is 7.32. The summed E-state index contributed by atoms with van der Waals surface area (Å²) in [6, 6.07) is 0. The van der Waals surface area contributed by atoms with Crippen molar-refractivity contribution in [1.29, 1.82) is 0 Å². The summed E-state index contributed by atoms with van der Waals surface area (Å²) in [5, 5.41) is 11.1. The molecule has 0 saturated carbocycles. The molecular formula is C21H37N3O2. The summed E-state index contributed by atoms with van der Waals surface area (Å²) in [7, 11) is 0. The molecule has 2 N–H and O–H groups in total. The summed E-state index contributed by atoms with van der Waals surface area (Å²) >= 11 is 0. The maximum absolute atomic E-state index is 11.1. The highest BCUT2D eigenvalue weighted by atomic mass is 16.4. The zero-order chi connectivity index (χ0) is 19.3. The average molecular weight is 364 g/mol. The summed E-state index contributed by atoms with van der Waals surface area (Å²) in [5.74, 6) is -0.256. The van der Waals surface area contributed by atoms with Crippen molar-refractivity contribution in [1.82, 2.24) is 0 Å². The van der Waals surface area contributed by atoms with Crippen LogP contribution in [0.25, 0.3) is 0 Å². The number of nitrogens with two attached hydrogens (primary N) is 1. The lowest BCUT2D eigenvalue weighted by Crippen LogP contribution is -2.60. The molecule has 0 fully saturated rings. The van der Waals surface area contributed by atoms with Crippen LogP contribution in [0.2, 0.25) is 0 Å². The lowest BCUT2D eigenvalue weighted by Gasteiger charge is -2.36. The van der Waals surface area contributed by atoms with Gasteiger partial charge in [0, 0.05) is 13.3 Å². The first-order valence-corrected chi connectivity index (χ1v) is 10.3. The second-order valence-corrected chi connectivity index (χ2v) is 7.32. The molecule has 2 atom stereocenters. The van der Waals surface area contributed by atoms with Gasteiger partial charge >= 0.3 is 0 Å². The highest BCUT2D eigenvalue weighted by molar-refractivity contribution is 5.81. The van der Waals surface area contributed by atoms with Gasteiger partial charge in [-0.15, -0.1) is 0 Å². The normalized spacial score (nSPS) is 20.7. The Morgan fingerprint density at radius 1 is 1.15 bits per heavy atom. The molecule has 0 amide bonds. The summed E-state index contributed by atoms with van der Waals surface area (Å²) in [5.41, 5.74) is 6.05. The molecule has 0 aromatic rings. The third-order valence-electron chi connectivity index (χ3n) is 5.07. The number of hydrogen-bond donors (Lipinski definition) is 1. The Bertz CT molecular complexity index is 497. The second kappa shape index (κ2) is 12.8. The van der Waals surface area contributed by atoms with Gasteiger partial charge in [0.2, 0.25) is 5.84 Å². The van der Waals surface area contributed by atoms with Crippen LogP contribution in [0.3, 0.4) is 0 Å². The molecule has 0 saturated heterocycles. The van der Waals surface area contributed by atoms with Gasteiger partial charge in [0.15, 0.2) is 0 Å². The van der Waals surface area contributed by atoms with Crippen LogP contribution in [0.1, 0.15) is 84.5 Å². The van der Waals surface area contributed by atoms with Crippen LogP contribution in [0, 0.1) is 0 Å². The van der Waals surface area contributed by atoms with Crippen LogP contribution in [-0.4, -0.2) is 29.0 Å². The van der Waals surface area contributed by atoms with E-state index in [-0.39, 0.29) is 17.2 Å². The van der Waals surface area contributed by atoms with Crippen LogP contribution >= 0.6 is 0 Å². The summed E-state index contributed by atoms with van der Waals surface area (Å²) in [6.45, 7) is 3.92. The Labute approximate surface area is 159 Å². The highest BCUT2D eigenvalue weighted by Gasteiger charge is 2.38. The number of amidine groups is 1. The van der Waals surface area contributed by atoms with Gasteiger partial charge in [0.25, 0.3) is 0 Å². The summed E-state index contributed by atoms with van der Waals surface area (Å²) in [4.78, 5) is 15.5. The van der Waals surface area contributed by atoms with Gasteiger partial charge in [-0.05, 0) is 32.1 Å². The molecule has 1 aliphatic heterocycles. The van der Waals surface area contributed by atoms with Gasteiger partial charge in [-0.3, -0.25) is 5.73 Å². The first-order chi connectivity index (χ1) is 12.5. The SMILES string of the molecule is CCCCCCC/C=C/CCCCCC1=NC=C[N+]1(CC(=O)[O-])C(C)N. The molecule has 1 aliphatic rings. The van der Waals surface area contributed by atoms with Crippen LogP contribution in [0.15, 0.2) is 29.5 Å². The summed E-state index contributed by atoms with van der Waals surface area (Å²) < 4.78 is 0.0975. The Kier molecular flexibility index (Phi) is 11.1. The Hall–Kier alpha value is -1.46. The summed E-state index contributed by atoms with van der Waals surface area (Å²) in [6.07, 6.45) is 20.8. The standard InChI is InChI=1S/C21H37N3O2/c1-3-4-5-6-7-8-9-10-11-12-13-14-15-20-23-16-17-24(20,19(2)22)18-21(25)26/h9-10,16-17,19H,3-8,11-15,18,22H2,1-2H3/b10-9+. The number of nitrogens with zero attached hydrogens (tertiary/aromatic N) is 2. The average Bonchev–Trinajstić information content (AvgIpc) is 2.99. The fourth-order valence-corrected chi connectivity index (χ4v) is 3.40. The van der Waals surface area contributed by atoms with Crippen molar-refractivity contribution in [3.8, 4) is 0 Å². The van der Waals surface area contributed by atoms with Gasteiger partial charge < -0.3 is 9.90 Å². The number of rotatable bonds is 15. The number of aliphatic imine (C=N–C) groups is 1. The monoisotopic (exact) mass is 363 g/mol. The van der Waals surface area contributed by atoms with E-state index in [0.29, 0.717) is 0 Å². The third kappa shape index (κ3) is 7.83. The molecule has 5 heteroatoms. The van der Waals surface area contributed by atoms with Crippen LogP contribution in [0.5, 0.6) is 0 Å². The number of unbranched alkanes of at least 4 members (excludes halogenated alkanes) is 8. The third-order valence-corrected chi connectivity index (χ3v) is 5.07. The number of carbonyl (C=O) groups is 1. The van der Waals surface area contributed by atoms with Crippen molar-refractivity contribution >= 4 is 11.8 Å². The number of aliphatic carboxylic acids is 1. The van der Waals surface area contributed by atoms with Crippen molar-refractivity contribution in [3.63, 3.8) is 0 Å². The zero-order valence-electron chi connectivity index (χ0n) is 16.7. The van der Waals surface area contributed by atoms with Crippen molar-refractivity contribution in [2.75, 3.05) is 6.54 Å². The molecule has 148 valence electrons. The Balaban J connectivity index is 2.18. The molecule has 0 radical (unpaired) electrons. The predicted molar refractivity (Wildman–Crippen MR) is 106 cm³/mol. The molecule has 5 nitrogen and oxygen atoms in total. The number of carboxylic acid groups (broad SMARTS) is 1. The van der Waals surface area contributed by atoms with Crippen molar-refractivity contribution in [2.24, 2.45) is 10.7 Å². The molecule has 0 bridgehead atoms. The van der Waals surface area contributed by atoms with E-state index in [2.05, 4.69) is 24.1 Å². The van der Waals surface area contributed by atoms with E-state index in [0.717, 1.165) is 37.9 Å². The van der Waals surface area contributed by atoms with Crippen molar-refractivity contribution in [2.45, 2.75) is 90.6 Å². The van der Waals surface area contributed by atoms with Gasteiger partial charge in [-0.1, -0.05) is 51.2 Å². The van der Waals surface area contributed by atoms with E-state index < -0.39 is 5.97 Å². The first-order valence-electron chi connectivity index (χ1n) is 10.3. The molecule has 0 aromatic heterocycles. The maximum atomic E-state index is 11.1. The van der Waals surface area contributed by atoms with Crippen LogP contribution in [-0.2, 0) is 4.79 Å². The molecular weight excluding hydrogens is 326 g/mol. The Morgan fingerprint density at radius 2 is 1.77 bits per heavy atom.